The number of ketones is 1. The Morgan fingerprint density at radius 3 is 2.19 bits per heavy atom. The number of hydrogen-bond acceptors (Lipinski definition) is 2. The summed E-state index contributed by atoms with van der Waals surface area (Å²) in [4.78, 5) is 10.9. The highest BCUT2D eigenvalue weighted by atomic mass is 16.5. The van der Waals surface area contributed by atoms with E-state index >= 15 is 0 Å². The predicted octanol–water partition coefficient (Wildman–Crippen LogP) is 3.80. The Morgan fingerprint density at radius 1 is 1.25 bits per heavy atom. The molecule has 2 nitrogen and oxygen atoms in total. The maximum atomic E-state index is 10.9. The second-order valence-corrected chi connectivity index (χ2v) is 4.18. The molecule has 0 N–H and O–H groups in total. The number of allylic oxidation sites excluding steroid dienone is 1. The van der Waals surface area contributed by atoms with Crippen molar-refractivity contribution in [2.75, 3.05) is 0 Å². The summed E-state index contributed by atoms with van der Waals surface area (Å²) < 4.78 is 5.62. The summed E-state index contributed by atoms with van der Waals surface area (Å²) in [7, 11) is 0. The Kier molecular flexibility index (Phi) is 6.47. The van der Waals surface area contributed by atoms with Crippen molar-refractivity contribution >= 4 is 5.78 Å². The maximum Gasteiger partial charge on any atom is 0.137 e. The summed E-state index contributed by atoms with van der Waals surface area (Å²) >= 11 is 0. The highest BCUT2D eigenvalue weighted by Gasteiger charge is 2.13. The van der Waals surface area contributed by atoms with Gasteiger partial charge in [-0.15, -0.1) is 0 Å². The molecule has 0 aliphatic heterocycles. The standard InChI is InChI=1S/C14H22O2/c1-7-11(4)8-14(10(2)3)16-13(6)9-12(5)15/h14H,2,4,6-9H2,1,3,5H3/t14-/m0/s1. The van der Waals surface area contributed by atoms with Crippen molar-refractivity contribution < 1.29 is 9.53 Å². The molecule has 0 saturated carbocycles. The van der Waals surface area contributed by atoms with Gasteiger partial charge in [0.05, 0.1) is 12.2 Å². The molecule has 90 valence electrons. The van der Waals surface area contributed by atoms with Crippen LogP contribution in [0.3, 0.4) is 0 Å². The van der Waals surface area contributed by atoms with Crippen molar-refractivity contribution in [1.82, 2.24) is 0 Å². The monoisotopic (exact) mass is 222 g/mol. The minimum atomic E-state index is -0.112. The summed E-state index contributed by atoms with van der Waals surface area (Å²) in [5.41, 5.74) is 2.04. The zero-order chi connectivity index (χ0) is 12.7. The van der Waals surface area contributed by atoms with Gasteiger partial charge in [-0.2, -0.15) is 0 Å². The predicted molar refractivity (Wildman–Crippen MR) is 68.2 cm³/mol. The Bertz CT molecular complexity index is 300. The second kappa shape index (κ2) is 7.04. The molecule has 0 amide bonds. The molecule has 0 saturated heterocycles. The lowest BCUT2D eigenvalue weighted by Crippen LogP contribution is -2.15. The molecule has 16 heavy (non-hydrogen) atoms. The quantitative estimate of drug-likeness (QED) is 0.461. The Hall–Kier alpha value is -1.31. The van der Waals surface area contributed by atoms with E-state index in [1.54, 1.807) is 0 Å². The van der Waals surface area contributed by atoms with E-state index in [1.807, 2.05) is 6.92 Å². The van der Waals surface area contributed by atoms with Gasteiger partial charge < -0.3 is 4.74 Å². The normalized spacial score (nSPS) is 11.7. The van der Waals surface area contributed by atoms with Gasteiger partial charge in [-0.1, -0.05) is 32.2 Å². The first kappa shape index (κ1) is 14.7. The molecule has 0 unspecified atom stereocenters. The molecule has 0 aliphatic carbocycles. The zero-order valence-electron chi connectivity index (χ0n) is 10.6. The SMILES string of the molecule is C=C(CC)C[C@H](OC(=C)CC(C)=O)C(=C)C. The van der Waals surface area contributed by atoms with Crippen LogP contribution >= 0.6 is 0 Å². The third-order valence-electron chi connectivity index (χ3n) is 2.28. The molecule has 0 aromatic rings. The van der Waals surface area contributed by atoms with Gasteiger partial charge in [0.2, 0.25) is 0 Å². The topological polar surface area (TPSA) is 26.3 Å². The Morgan fingerprint density at radius 2 is 1.81 bits per heavy atom. The Labute approximate surface area is 98.7 Å². The van der Waals surface area contributed by atoms with Gasteiger partial charge in [0.25, 0.3) is 0 Å². The molecule has 1 atom stereocenters. The average molecular weight is 222 g/mol. The van der Waals surface area contributed by atoms with Crippen LogP contribution in [-0.2, 0) is 9.53 Å². The number of carbonyl (C=O) groups excluding carboxylic acids is 1. The first-order valence-corrected chi connectivity index (χ1v) is 5.52. The molecule has 0 fully saturated rings. The molecule has 0 spiro atoms. The number of rotatable bonds is 8. The van der Waals surface area contributed by atoms with Crippen LogP contribution in [0.4, 0.5) is 0 Å². The van der Waals surface area contributed by atoms with Crippen LogP contribution in [0, 0.1) is 0 Å². The van der Waals surface area contributed by atoms with Gasteiger partial charge in [-0.3, -0.25) is 4.79 Å². The maximum absolute atomic E-state index is 10.9. The molecular formula is C14H22O2. The lowest BCUT2D eigenvalue weighted by molar-refractivity contribution is -0.117. The second-order valence-electron chi connectivity index (χ2n) is 4.18. The van der Waals surface area contributed by atoms with E-state index in [2.05, 4.69) is 26.7 Å². The van der Waals surface area contributed by atoms with Crippen molar-refractivity contribution in [3.8, 4) is 0 Å². The summed E-state index contributed by atoms with van der Waals surface area (Å²) in [5, 5.41) is 0. The van der Waals surface area contributed by atoms with Gasteiger partial charge in [0.1, 0.15) is 11.9 Å². The van der Waals surface area contributed by atoms with Crippen LogP contribution in [0.25, 0.3) is 0 Å². The largest absolute Gasteiger partial charge is 0.490 e. The summed E-state index contributed by atoms with van der Waals surface area (Å²) in [6.45, 7) is 17.1. The third kappa shape index (κ3) is 6.23. The molecule has 0 aliphatic rings. The fourth-order valence-corrected chi connectivity index (χ4v) is 1.24. The van der Waals surface area contributed by atoms with Crippen LogP contribution in [0.1, 0.15) is 40.0 Å². The van der Waals surface area contributed by atoms with Crippen molar-refractivity contribution in [2.24, 2.45) is 0 Å². The van der Waals surface area contributed by atoms with E-state index in [-0.39, 0.29) is 18.3 Å². The van der Waals surface area contributed by atoms with Crippen LogP contribution in [0.15, 0.2) is 36.6 Å². The first-order chi connectivity index (χ1) is 7.36. The summed E-state index contributed by atoms with van der Waals surface area (Å²) in [6.07, 6.45) is 1.82. The van der Waals surface area contributed by atoms with Crippen molar-refractivity contribution in [1.29, 1.82) is 0 Å². The minimum absolute atomic E-state index is 0.0554. The van der Waals surface area contributed by atoms with Gasteiger partial charge in [0.15, 0.2) is 0 Å². The number of carbonyl (C=O) groups is 1. The molecular weight excluding hydrogens is 200 g/mol. The zero-order valence-corrected chi connectivity index (χ0v) is 10.6. The van der Waals surface area contributed by atoms with Gasteiger partial charge in [-0.05, 0) is 25.8 Å². The van der Waals surface area contributed by atoms with E-state index in [1.165, 1.54) is 6.92 Å². The van der Waals surface area contributed by atoms with E-state index in [0.29, 0.717) is 5.76 Å². The van der Waals surface area contributed by atoms with Crippen molar-refractivity contribution in [3.63, 3.8) is 0 Å². The molecule has 0 aromatic heterocycles. The first-order valence-electron chi connectivity index (χ1n) is 5.52. The van der Waals surface area contributed by atoms with E-state index < -0.39 is 0 Å². The number of Topliss-reactive ketones (excluding diaryl/α,β-unsaturated/α-hetero) is 1. The molecule has 0 bridgehead atoms. The van der Waals surface area contributed by atoms with Gasteiger partial charge in [0, 0.05) is 6.42 Å². The number of ether oxygens (including phenoxy) is 1. The lowest BCUT2D eigenvalue weighted by atomic mass is 10.0. The Balaban J connectivity index is 4.34. The molecule has 0 radical (unpaired) electrons. The fourth-order valence-electron chi connectivity index (χ4n) is 1.24. The summed E-state index contributed by atoms with van der Waals surface area (Å²) in [5.74, 6) is 0.559. The molecule has 0 aromatic carbocycles. The number of hydrogen-bond donors (Lipinski definition) is 0. The van der Waals surface area contributed by atoms with Crippen molar-refractivity contribution in [2.45, 2.75) is 46.1 Å². The highest BCUT2D eigenvalue weighted by molar-refractivity contribution is 5.77. The molecule has 0 rings (SSSR count). The van der Waals surface area contributed by atoms with E-state index in [0.717, 1.165) is 24.0 Å². The van der Waals surface area contributed by atoms with Crippen LogP contribution in [0.2, 0.25) is 0 Å². The van der Waals surface area contributed by atoms with Crippen LogP contribution < -0.4 is 0 Å². The van der Waals surface area contributed by atoms with E-state index in [4.69, 9.17) is 4.74 Å². The molecule has 0 heterocycles. The van der Waals surface area contributed by atoms with Gasteiger partial charge in [-0.25, -0.2) is 0 Å². The van der Waals surface area contributed by atoms with Crippen LogP contribution in [0.5, 0.6) is 0 Å². The van der Waals surface area contributed by atoms with E-state index in [9.17, 15) is 4.79 Å². The molecule has 2 heteroatoms. The minimum Gasteiger partial charge on any atom is -0.490 e. The fraction of sp³-hybridized carbons (Fsp3) is 0.500. The third-order valence-corrected chi connectivity index (χ3v) is 2.28. The van der Waals surface area contributed by atoms with Crippen LogP contribution in [-0.4, -0.2) is 11.9 Å². The van der Waals surface area contributed by atoms with Gasteiger partial charge >= 0.3 is 0 Å². The highest BCUT2D eigenvalue weighted by Crippen LogP contribution is 2.19. The lowest BCUT2D eigenvalue weighted by Gasteiger charge is -2.21. The smallest absolute Gasteiger partial charge is 0.137 e. The summed E-state index contributed by atoms with van der Waals surface area (Å²) in [6, 6.07) is 0. The average Bonchev–Trinajstić information content (AvgIpc) is 2.14. The van der Waals surface area contributed by atoms with Crippen molar-refractivity contribution in [3.05, 3.63) is 36.6 Å².